The Labute approximate surface area is 190 Å². The molecule has 32 heavy (non-hydrogen) atoms. The van der Waals surface area contributed by atoms with Gasteiger partial charge in [-0.2, -0.15) is 10.4 Å². The Bertz CT molecular complexity index is 967. The molecule has 4 saturated carbocycles. The molecule has 8 atom stereocenters. The predicted molar refractivity (Wildman–Crippen MR) is 118 cm³/mol. The van der Waals surface area contributed by atoms with Crippen LogP contribution in [0.25, 0.3) is 0 Å². The second-order valence-electron chi connectivity index (χ2n) is 12.1. The first-order valence-corrected chi connectivity index (χ1v) is 12.4. The summed E-state index contributed by atoms with van der Waals surface area (Å²) in [5, 5.41) is 23.8. The molecule has 5 nitrogen and oxygen atoms in total. The van der Waals surface area contributed by atoms with Gasteiger partial charge < -0.3 is 5.11 Å². The van der Waals surface area contributed by atoms with E-state index in [9.17, 15) is 9.90 Å². The number of Topliss-reactive ketones (excluding diaryl/α,β-unsaturated/α-hetero) is 1. The maximum atomic E-state index is 16.8. The predicted octanol–water partition coefficient (Wildman–Crippen LogP) is 4.83. The maximum absolute atomic E-state index is 16.8. The summed E-state index contributed by atoms with van der Waals surface area (Å²) in [6.45, 7) is 6.54. The number of carbonyl (C=O) groups excluding carboxylic acids is 1. The third-order valence-corrected chi connectivity index (χ3v) is 10.5. The second kappa shape index (κ2) is 7.13. The molecule has 1 aromatic rings. The molecule has 0 bridgehead atoms. The number of carbonyl (C=O) groups is 1. The highest BCUT2D eigenvalue weighted by molar-refractivity contribution is 5.82. The summed E-state index contributed by atoms with van der Waals surface area (Å²) in [5.41, 5.74) is -1.92. The number of fused-ring (bicyclic) bond motifs is 5. The number of hydrogen-bond donors (Lipinski definition) is 1. The highest BCUT2D eigenvalue weighted by Crippen LogP contribution is 2.71. The minimum Gasteiger partial charge on any atom is -0.390 e. The zero-order valence-electron chi connectivity index (χ0n) is 19.6. The van der Waals surface area contributed by atoms with Gasteiger partial charge in [0.25, 0.3) is 0 Å². The van der Waals surface area contributed by atoms with E-state index >= 15 is 4.39 Å². The van der Waals surface area contributed by atoms with Gasteiger partial charge in [0.2, 0.25) is 0 Å². The summed E-state index contributed by atoms with van der Waals surface area (Å²) < 4.78 is 18.4. The average Bonchev–Trinajstić information content (AvgIpc) is 3.33. The summed E-state index contributed by atoms with van der Waals surface area (Å²) in [6, 6.07) is 2.06. The van der Waals surface area contributed by atoms with E-state index in [-0.39, 0.29) is 35.0 Å². The number of ketones is 1. The van der Waals surface area contributed by atoms with Crippen LogP contribution >= 0.6 is 0 Å². The number of nitrogens with zero attached hydrogens (tertiary/aromatic N) is 3. The Morgan fingerprint density at radius 2 is 1.94 bits per heavy atom. The fourth-order valence-electron chi connectivity index (χ4n) is 8.70. The lowest BCUT2D eigenvalue weighted by molar-refractivity contribution is -0.211. The summed E-state index contributed by atoms with van der Waals surface area (Å²) in [4.78, 5) is 13.3. The van der Waals surface area contributed by atoms with E-state index in [0.29, 0.717) is 36.7 Å². The fourth-order valence-corrected chi connectivity index (χ4v) is 8.70. The van der Waals surface area contributed by atoms with Gasteiger partial charge in [0.15, 0.2) is 5.78 Å². The van der Waals surface area contributed by atoms with Crippen LogP contribution in [0.4, 0.5) is 4.39 Å². The number of aromatic nitrogens is 2. The SMILES string of the molecule is C[C@@]1(O)CC[C@@]2(F)[C@H](CC[C@H]3[C@@H]4CC[C@H](C(=O)Cn5cc(C#N)cn5)[C@@]4(C)CC[C@@]32C)C1. The van der Waals surface area contributed by atoms with E-state index in [1.807, 2.05) is 6.92 Å². The number of hydrogen-bond acceptors (Lipinski definition) is 4. The lowest BCUT2D eigenvalue weighted by Crippen LogP contribution is -2.64. The van der Waals surface area contributed by atoms with Gasteiger partial charge >= 0.3 is 0 Å². The largest absolute Gasteiger partial charge is 0.390 e. The van der Waals surface area contributed by atoms with Crippen molar-refractivity contribution in [2.75, 3.05) is 0 Å². The summed E-state index contributed by atoms with van der Waals surface area (Å²) >= 11 is 0. The Hall–Kier alpha value is -1.74. The Kier molecular flexibility index (Phi) is 4.92. The molecule has 1 heterocycles. The fraction of sp³-hybridized carbons (Fsp3) is 0.808. The maximum Gasteiger partial charge on any atom is 0.157 e. The Morgan fingerprint density at radius 3 is 2.66 bits per heavy atom. The van der Waals surface area contributed by atoms with Gasteiger partial charge in [-0.3, -0.25) is 9.48 Å². The van der Waals surface area contributed by atoms with Crippen molar-refractivity contribution >= 4 is 5.78 Å². The molecule has 4 fully saturated rings. The average molecular weight is 442 g/mol. The monoisotopic (exact) mass is 441 g/mol. The number of aliphatic hydroxyl groups is 1. The highest BCUT2D eigenvalue weighted by atomic mass is 19.1. The molecule has 0 saturated heterocycles. The molecule has 0 unspecified atom stereocenters. The molecular formula is C26H36FN3O2. The van der Waals surface area contributed by atoms with Crippen LogP contribution in [0.5, 0.6) is 0 Å². The molecule has 0 aromatic carbocycles. The molecule has 0 aliphatic heterocycles. The third kappa shape index (κ3) is 3.03. The van der Waals surface area contributed by atoms with Crippen molar-refractivity contribution in [3.8, 4) is 6.07 Å². The van der Waals surface area contributed by atoms with Crippen LogP contribution < -0.4 is 0 Å². The van der Waals surface area contributed by atoms with Crippen LogP contribution in [-0.4, -0.2) is 31.9 Å². The minimum atomic E-state index is -1.20. The molecule has 0 radical (unpaired) electrons. The van der Waals surface area contributed by atoms with Crippen molar-refractivity contribution in [2.24, 2.45) is 34.5 Å². The van der Waals surface area contributed by atoms with Crippen molar-refractivity contribution in [3.63, 3.8) is 0 Å². The van der Waals surface area contributed by atoms with E-state index in [1.165, 1.54) is 6.20 Å². The molecule has 1 N–H and O–H groups in total. The van der Waals surface area contributed by atoms with Gasteiger partial charge in [-0.25, -0.2) is 4.39 Å². The molecule has 4 aliphatic rings. The topological polar surface area (TPSA) is 78.9 Å². The van der Waals surface area contributed by atoms with Crippen LogP contribution in [0.2, 0.25) is 0 Å². The zero-order chi connectivity index (χ0) is 22.9. The van der Waals surface area contributed by atoms with Crippen LogP contribution in [0.3, 0.4) is 0 Å². The number of halogens is 1. The van der Waals surface area contributed by atoms with Crippen molar-refractivity contribution in [2.45, 2.75) is 96.4 Å². The van der Waals surface area contributed by atoms with Crippen molar-refractivity contribution < 1.29 is 14.3 Å². The molecule has 5 rings (SSSR count). The van der Waals surface area contributed by atoms with Gasteiger partial charge in [0.1, 0.15) is 11.7 Å². The Balaban J connectivity index is 1.38. The van der Waals surface area contributed by atoms with Gasteiger partial charge in [0, 0.05) is 17.5 Å². The first-order chi connectivity index (χ1) is 15.0. The van der Waals surface area contributed by atoms with E-state index in [4.69, 9.17) is 5.26 Å². The molecule has 1 aromatic heterocycles. The smallest absolute Gasteiger partial charge is 0.157 e. The van der Waals surface area contributed by atoms with Crippen molar-refractivity contribution in [3.05, 3.63) is 18.0 Å². The number of rotatable bonds is 3. The molecule has 6 heteroatoms. The molecule has 0 amide bonds. The highest BCUT2D eigenvalue weighted by Gasteiger charge is 2.68. The quantitative estimate of drug-likeness (QED) is 0.729. The van der Waals surface area contributed by atoms with E-state index in [0.717, 1.165) is 38.5 Å². The lowest BCUT2D eigenvalue weighted by atomic mass is 9.42. The van der Waals surface area contributed by atoms with Crippen LogP contribution in [0.15, 0.2) is 12.4 Å². The number of nitriles is 1. The van der Waals surface area contributed by atoms with Crippen molar-refractivity contribution in [1.29, 1.82) is 5.26 Å². The van der Waals surface area contributed by atoms with E-state index in [2.05, 4.69) is 25.0 Å². The van der Waals surface area contributed by atoms with Gasteiger partial charge in [-0.1, -0.05) is 13.8 Å². The first kappa shape index (κ1) is 22.1. The summed E-state index contributed by atoms with van der Waals surface area (Å²) in [6.07, 6.45) is 10.1. The Morgan fingerprint density at radius 1 is 1.19 bits per heavy atom. The van der Waals surface area contributed by atoms with Gasteiger partial charge in [-0.15, -0.1) is 0 Å². The van der Waals surface area contributed by atoms with E-state index in [1.54, 1.807) is 10.9 Å². The number of alkyl halides is 1. The minimum absolute atomic E-state index is 0.0211. The van der Waals surface area contributed by atoms with Crippen LogP contribution in [0, 0.1) is 45.8 Å². The normalized spacial score (nSPS) is 47.8. The van der Waals surface area contributed by atoms with E-state index < -0.39 is 11.3 Å². The summed E-state index contributed by atoms with van der Waals surface area (Å²) in [7, 11) is 0. The second-order valence-corrected chi connectivity index (χ2v) is 12.1. The molecule has 0 spiro atoms. The molecule has 174 valence electrons. The van der Waals surface area contributed by atoms with Gasteiger partial charge in [-0.05, 0) is 87.9 Å². The van der Waals surface area contributed by atoms with Crippen molar-refractivity contribution in [1.82, 2.24) is 9.78 Å². The van der Waals surface area contributed by atoms with Crippen LogP contribution in [-0.2, 0) is 11.3 Å². The molecular weight excluding hydrogens is 405 g/mol. The zero-order valence-corrected chi connectivity index (χ0v) is 19.6. The van der Waals surface area contributed by atoms with Crippen LogP contribution in [0.1, 0.15) is 84.1 Å². The van der Waals surface area contributed by atoms with Gasteiger partial charge in [0.05, 0.1) is 23.9 Å². The summed E-state index contributed by atoms with van der Waals surface area (Å²) in [5.74, 6) is 0.803. The molecule has 4 aliphatic carbocycles. The lowest BCUT2D eigenvalue weighted by Gasteiger charge is -2.64. The standard InChI is InChI=1S/C26H36FN3O2/c1-23(32)8-11-26(27)18(12-23)4-5-20-19-6-7-21(24(19,2)9-10-25(20,26)3)22(31)16-30-15-17(13-28)14-29-30/h14-15,18-21,32H,4-12,16H2,1-3H3/t18-,19+,20+,21-,23-,24+,25+,26-/m1/s1. The first-order valence-electron chi connectivity index (χ1n) is 12.4. The third-order valence-electron chi connectivity index (χ3n) is 10.5.